The van der Waals surface area contributed by atoms with Gasteiger partial charge in [0.05, 0.1) is 11.4 Å². The lowest BCUT2D eigenvalue weighted by Gasteiger charge is -2.32. The first-order valence-electron chi connectivity index (χ1n) is 8.58. The van der Waals surface area contributed by atoms with E-state index in [-0.39, 0.29) is 31.0 Å². The number of halogens is 1. The third-order valence-corrected chi connectivity index (χ3v) is 6.56. The average molecular weight is 405 g/mol. The molecule has 0 aromatic heterocycles. The zero-order valence-corrected chi connectivity index (χ0v) is 16.3. The number of benzene rings is 1. The fourth-order valence-electron chi connectivity index (χ4n) is 3.50. The van der Waals surface area contributed by atoms with E-state index in [1.54, 1.807) is 18.2 Å². The summed E-state index contributed by atoms with van der Waals surface area (Å²) < 4.78 is 33.1. The van der Waals surface area contributed by atoms with Gasteiger partial charge in [0.15, 0.2) is 0 Å². The lowest BCUT2D eigenvalue weighted by molar-refractivity contribution is -0.136. The molecule has 146 valence electrons. The van der Waals surface area contributed by atoms with Crippen LogP contribution in [0.3, 0.4) is 0 Å². The first-order valence-corrected chi connectivity index (χ1v) is 10.0. The quantitative estimate of drug-likeness (QED) is 0.746. The van der Waals surface area contributed by atoms with Gasteiger partial charge in [-0.25, -0.2) is 8.42 Å². The van der Waals surface area contributed by atoms with Gasteiger partial charge in [-0.05, 0) is 56.0 Å². The van der Waals surface area contributed by atoms with Gasteiger partial charge < -0.3 is 15.2 Å². The van der Waals surface area contributed by atoms with Crippen molar-refractivity contribution in [2.45, 2.75) is 37.2 Å². The molecule has 1 saturated heterocycles. The van der Waals surface area contributed by atoms with Gasteiger partial charge in [0, 0.05) is 19.5 Å². The molecule has 0 radical (unpaired) electrons. The second kappa shape index (κ2) is 8.56. The first kappa shape index (κ1) is 21.0. The van der Waals surface area contributed by atoms with E-state index in [2.05, 4.69) is 5.32 Å². The van der Waals surface area contributed by atoms with Crippen molar-refractivity contribution in [3.63, 3.8) is 0 Å². The number of fused-ring (bicyclic) bond motifs is 1. The van der Waals surface area contributed by atoms with E-state index in [9.17, 15) is 13.2 Å². The number of nitrogens with one attached hydrogen (secondary N) is 1. The van der Waals surface area contributed by atoms with Crippen LogP contribution in [0.2, 0.25) is 0 Å². The standard InChI is InChI=1S/C17H24N2O5S.ClH/c1-12-7-14-8-15(4-5-16(14)24-12)25(22,23)19-6-2-3-13(11-19)9-18-10-17(20)21;/h4-5,8,12-13,18H,2-3,6-7,9-11H2,1H3,(H,20,21);1H. The molecule has 2 atom stereocenters. The van der Waals surface area contributed by atoms with E-state index in [0.29, 0.717) is 24.5 Å². The molecule has 2 heterocycles. The van der Waals surface area contributed by atoms with Crippen LogP contribution < -0.4 is 10.1 Å². The normalized spacial score (nSPS) is 23.0. The Bertz CT molecular complexity index is 756. The maximum absolute atomic E-state index is 13.0. The third-order valence-electron chi connectivity index (χ3n) is 4.70. The van der Waals surface area contributed by atoms with Crippen molar-refractivity contribution >= 4 is 28.4 Å². The minimum atomic E-state index is -3.54. The highest BCUT2D eigenvalue weighted by Gasteiger charge is 2.31. The molecular formula is C17H25ClN2O5S. The maximum atomic E-state index is 13.0. The van der Waals surface area contributed by atoms with Crippen LogP contribution in [-0.2, 0) is 21.2 Å². The predicted molar refractivity (Wildman–Crippen MR) is 99.5 cm³/mol. The van der Waals surface area contributed by atoms with Crippen LogP contribution in [0.25, 0.3) is 0 Å². The van der Waals surface area contributed by atoms with E-state index in [1.807, 2.05) is 6.92 Å². The second-order valence-corrected chi connectivity index (χ2v) is 8.74. The summed E-state index contributed by atoms with van der Waals surface area (Å²) >= 11 is 0. The van der Waals surface area contributed by atoms with Gasteiger partial charge in [-0.15, -0.1) is 12.4 Å². The van der Waals surface area contributed by atoms with Crippen LogP contribution >= 0.6 is 12.4 Å². The van der Waals surface area contributed by atoms with Crippen molar-refractivity contribution in [3.05, 3.63) is 23.8 Å². The van der Waals surface area contributed by atoms with Crippen molar-refractivity contribution in [2.24, 2.45) is 5.92 Å². The molecule has 2 aliphatic heterocycles. The molecular weight excluding hydrogens is 380 g/mol. The molecule has 1 aromatic carbocycles. The molecule has 2 aliphatic rings. The van der Waals surface area contributed by atoms with E-state index in [1.165, 1.54) is 4.31 Å². The van der Waals surface area contributed by atoms with Crippen molar-refractivity contribution < 1.29 is 23.1 Å². The van der Waals surface area contributed by atoms with E-state index < -0.39 is 16.0 Å². The Kier molecular flexibility index (Phi) is 6.90. The zero-order valence-electron chi connectivity index (χ0n) is 14.7. The molecule has 0 saturated carbocycles. The minimum Gasteiger partial charge on any atom is -0.490 e. The summed E-state index contributed by atoms with van der Waals surface area (Å²) in [4.78, 5) is 10.9. The van der Waals surface area contributed by atoms with E-state index in [0.717, 1.165) is 30.6 Å². The molecule has 1 aromatic rings. The Balaban J connectivity index is 0.00000243. The highest BCUT2D eigenvalue weighted by molar-refractivity contribution is 7.89. The summed E-state index contributed by atoms with van der Waals surface area (Å²) in [6.45, 7) is 3.29. The number of carboxylic acids is 1. The topological polar surface area (TPSA) is 95.9 Å². The number of hydrogen-bond donors (Lipinski definition) is 2. The Morgan fingerprint density at radius 2 is 2.19 bits per heavy atom. The van der Waals surface area contributed by atoms with Gasteiger partial charge in [0.25, 0.3) is 0 Å². The van der Waals surface area contributed by atoms with Crippen molar-refractivity contribution in [3.8, 4) is 5.75 Å². The Hall–Kier alpha value is -1.35. The van der Waals surface area contributed by atoms with Gasteiger partial charge in [-0.3, -0.25) is 4.79 Å². The fraction of sp³-hybridized carbons (Fsp3) is 0.588. The number of carbonyl (C=O) groups is 1. The van der Waals surface area contributed by atoms with Crippen LogP contribution in [-0.4, -0.2) is 56.1 Å². The summed E-state index contributed by atoms with van der Waals surface area (Å²) in [5.74, 6) is -0.0172. The third kappa shape index (κ3) is 4.68. The van der Waals surface area contributed by atoms with E-state index >= 15 is 0 Å². The molecule has 0 amide bonds. The van der Waals surface area contributed by atoms with Crippen molar-refractivity contribution in [1.29, 1.82) is 0 Å². The Labute approximate surface area is 160 Å². The summed E-state index contributed by atoms with van der Waals surface area (Å²) in [5, 5.41) is 11.6. The number of carboxylic acid groups (broad SMARTS) is 1. The zero-order chi connectivity index (χ0) is 18.0. The smallest absolute Gasteiger partial charge is 0.317 e. The maximum Gasteiger partial charge on any atom is 0.317 e. The minimum absolute atomic E-state index is 0. The molecule has 7 nitrogen and oxygen atoms in total. The number of sulfonamides is 1. The van der Waals surface area contributed by atoms with Crippen molar-refractivity contribution in [2.75, 3.05) is 26.2 Å². The van der Waals surface area contributed by atoms with Gasteiger partial charge in [-0.1, -0.05) is 0 Å². The fourth-order valence-corrected chi connectivity index (χ4v) is 5.11. The number of piperidine rings is 1. The number of nitrogens with zero attached hydrogens (tertiary/aromatic N) is 1. The summed E-state index contributed by atoms with van der Waals surface area (Å²) in [6.07, 6.45) is 2.48. The van der Waals surface area contributed by atoms with Crippen LogP contribution in [0.4, 0.5) is 0 Å². The molecule has 2 unspecified atom stereocenters. The Morgan fingerprint density at radius 1 is 1.42 bits per heavy atom. The number of ether oxygens (including phenoxy) is 1. The molecule has 9 heteroatoms. The predicted octanol–water partition coefficient (Wildman–Crippen LogP) is 1.51. The second-order valence-electron chi connectivity index (χ2n) is 6.80. The van der Waals surface area contributed by atoms with Crippen LogP contribution in [0, 0.1) is 5.92 Å². The van der Waals surface area contributed by atoms with E-state index in [4.69, 9.17) is 9.84 Å². The molecule has 1 fully saturated rings. The van der Waals surface area contributed by atoms with Gasteiger partial charge in [-0.2, -0.15) is 4.31 Å². The van der Waals surface area contributed by atoms with Crippen LogP contribution in [0.1, 0.15) is 25.3 Å². The Morgan fingerprint density at radius 3 is 2.92 bits per heavy atom. The van der Waals surface area contributed by atoms with Crippen LogP contribution in [0.15, 0.2) is 23.1 Å². The summed E-state index contributed by atoms with van der Waals surface area (Å²) in [6, 6.07) is 5.07. The first-order chi connectivity index (χ1) is 11.9. The van der Waals surface area contributed by atoms with Gasteiger partial charge >= 0.3 is 5.97 Å². The van der Waals surface area contributed by atoms with Crippen molar-refractivity contribution in [1.82, 2.24) is 9.62 Å². The average Bonchev–Trinajstić information content (AvgIpc) is 2.94. The molecule has 3 rings (SSSR count). The highest BCUT2D eigenvalue weighted by Crippen LogP contribution is 2.32. The number of rotatable bonds is 6. The largest absolute Gasteiger partial charge is 0.490 e. The molecule has 0 spiro atoms. The lowest BCUT2D eigenvalue weighted by atomic mass is 10.00. The monoisotopic (exact) mass is 404 g/mol. The number of aliphatic carboxylic acids is 1. The molecule has 0 bridgehead atoms. The summed E-state index contributed by atoms with van der Waals surface area (Å²) in [5.41, 5.74) is 0.935. The highest BCUT2D eigenvalue weighted by atomic mass is 35.5. The van der Waals surface area contributed by atoms with Crippen LogP contribution in [0.5, 0.6) is 5.75 Å². The lowest BCUT2D eigenvalue weighted by Crippen LogP contribution is -2.43. The molecule has 0 aliphatic carbocycles. The summed E-state index contributed by atoms with van der Waals surface area (Å²) in [7, 11) is -3.54. The van der Waals surface area contributed by atoms with Gasteiger partial charge in [0.1, 0.15) is 11.9 Å². The molecule has 2 N–H and O–H groups in total. The SMILES string of the molecule is CC1Cc2cc(S(=O)(=O)N3CCCC(CNCC(=O)O)C3)ccc2O1.Cl. The number of hydrogen-bond acceptors (Lipinski definition) is 5. The van der Waals surface area contributed by atoms with Gasteiger partial charge in [0.2, 0.25) is 10.0 Å². The molecule has 26 heavy (non-hydrogen) atoms.